The van der Waals surface area contributed by atoms with E-state index in [4.69, 9.17) is 4.74 Å². The van der Waals surface area contributed by atoms with E-state index >= 15 is 0 Å². The van der Waals surface area contributed by atoms with Gasteiger partial charge in [-0.2, -0.15) is 0 Å². The van der Waals surface area contributed by atoms with Gasteiger partial charge in [0.15, 0.2) is 5.78 Å². The summed E-state index contributed by atoms with van der Waals surface area (Å²) in [6, 6.07) is 13.7. The van der Waals surface area contributed by atoms with Crippen molar-refractivity contribution in [1.82, 2.24) is 0 Å². The van der Waals surface area contributed by atoms with Crippen molar-refractivity contribution in [2.75, 3.05) is 6.61 Å². The van der Waals surface area contributed by atoms with Crippen molar-refractivity contribution >= 4 is 23.5 Å². The number of carbonyl (C=O) groups is 2. The van der Waals surface area contributed by atoms with Gasteiger partial charge < -0.3 is 4.74 Å². The molecular weight excluding hydrogens is 308 g/mol. The van der Waals surface area contributed by atoms with E-state index in [1.165, 1.54) is 6.92 Å². The third kappa shape index (κ3) is 3.32. The SMILES string of the molecule is CC(=O)OCC(C)c1ccc2c(c1)SCc1ccccc1C2=O. The molecule has 0 fully saturated rings. The Bertz CT molecular complexity index is 767. The number of rotatable bonds is 3. The van der Waals surface area contributed by atoms with E-state index in [2.05, 4.69) is 6.07 Å². The van der Waals surface area contributed by atoms with Gasteiger partial charge in [0.2, 0.25) is 0 Å². The van der Waals surface area contributed by atoms with E-state index in [9.17, 15) is 9.59 Å². The molecule has 2 aromatic rings. The maximum atomic E-state index is 12.7. The highest BCUT2D eigenvalue weighted by Gasteiger charge is 2.22. The molecule has 0 aliphatic carbocycles. The minimum Gasteiger partial charge on any atom is -0.465 e. The smallest absolute Gasteiger partial charge is 0.302 e. The van der Waals surface area contributed by atoms with E-state index in [0.717, 1.165) is 32.9 Å². The highest BCUT2D eigenvalue weighted by molar-refractivity contribution is 7.98. The van der Waals surface area contributed by atoms with Crippen LogP contribution in [0.1, 0.15) is 46.8 Å². The Balaban J connectivity index is 1.90. The van der Waals surface area contributed by atoms with Crippen LogP contribution in [0.3, 0.4) is 0 Å². The van der Waals surface area contributed by atoms with E-state index in [1.54, 1.807) is 11.8 Å². The Morgan fingerprint density at radius 1 is 1.22 bits per heavy atom. The van der Waals surface area contributed by atoms with Crippen molar-refractivity contribution in [3.8, 4) is 0 Å². The van der Waals surface area contributed by atoms with Crippen molar-refractivity contribution in [1.29, 1.82) is 0 Å². The molecule has 118 valence electrons. The summed E-state index contributed by atoms with van der Waals surface area (Å²) in [4.78, 5) is 24.7. The zero-order valence-corrected chi connectivity index (χ0v) is 14.0. The molecule has 2 aromatic carbocycles. The van der Waals surface area contributed by atoms with Crippen molar-refractivity contribution in [2.24, 2.45) is 0 Å². The second-order valence-corrected chi connectivity index (χ2v) is 6.75. The molecule has 1 atom stereocenters. The van der Waals surface area contributed by atoms with Gasteiger partial charge in [-0.3, -0.25) is 9.59 Å². The predicted octanol–water partition coefficient (Wildman–Crippen LogP) is 4.19. The normalized spacial score (nSPS) is 14.4. The van der Waals surface area contributed by atoms with Crippen LogP contribution in [0.15, 0.2) is 47.4 Å². The molecule has 1 aliphatic heterocycles. The lowest BCUT2D eigenvalue weighted by Gasteiger charge is -2.14. The molecule has 23 heavy (non-hydrogen) atoms. The molecule has 0 bridgehead atoms. The van der Waals surface area contributed by atoms with Gasteiger partial charge in [-0.05, 0) is 23.3 Å². The van der Waals surface area contributed by atoms with E-state index in [1.807, 2.05) is 43.3 Å². The molecule has 0 spiro atoms. The molecule has 1 heterocycles. The minimum absolute atomic E-state index is 0.0831. The summed E-state index contributed by atoms with van der Waals surface area (Å²) in [6.45, 7) is 3.78. The van der Waals surface area contributed by atoms with Crippen molar-refractivity contribution in [3.63, 3.8) is 0 Å². The van der Waals surface area contributed by atoms with Crippen LogP contribution < -0.4 is 0 Å². The number of fused-ring (bicyclic) bond motifs is 2. The van der Waals surface area contributed by atoms with Gasteiger partial charge in [-0.25, -0.2) is 0 Å². The highest BCUT2D eigenvalue weighted by Crippen LogP contribution is 2.35. The van der Waals surface area contributed by atoms with Gasteiger partial charge in [0.05, 0.1) is 6.61 Å². The van der Waals surface area contributed by atoms with Crippen LogP contribution in [0.4, 0.5) is 0 Å². The Kier molecular flexibility index (Phi) is 4.53. The van der Waals surface area contributed by atoms with Crippen LogP contribution in [0.25, 0.3) is 0 Å². The average Bonchev–Trinajstić information content (AvgIpc) is 2.70. The summed E-state index contributed by atoms with van der Waals surface area (Å²) in [7, 11) is 0. The molecule has 0 saturated heterocycles. The summed E-state index contributed by atoms with van der Waals surface area (Å²) in [5.41, 5.74) is 3.70. The fraction of sp³-hybridized carbons (Fsp3) is 0.263. The van der Waals surface area contributed by atoms with Crippen molar-refractivity contribution in [3.05, 3.63) is 64.7 Å². The lowest BCUT2D eigenvalue weighted by atomic mass is 9.96. The Morgan fingerprint density at radius 2 is 2.00 bits per heavy atom. The number of carbonyl (C=O) groups excluding carboxylic acids is 2. The van der Waals surface area contributed by atoms with Gasteiger partial charge in [-0.1, -0.05) is 37.3 Å². The second-order valence-electron chi connectivity index (χ2n) is 5.73. The Hall–Kier alpha value is -2.07. The van der Waals surface area contributed by atoms with E-state index < -0.39 is 0 Å². The molecule has 4 heteroatoms. The topological polar surface area (TPSA) is 43.4 Å². The third-order valence-electron chi connectivity index (χ3n) is 4.00. The second kappa shape index (κ2) is 6.59. The van der Waals surface area contributed by atoms with Gasteiger partial charge in [0.25, 0.3) is 0 Å². The quantitative estimate of drug-likeness (QED) is 0.793. The lowest BCUT2D eigenvalue weighted by molar-refractivity contribution is -0.141. The molecule has 1 unspecified atom stereocenters. The lowest BCUT2D eigenvalue weighted by Crippen LogP contribution is -2.09. The first kappa shape index (κ1) is 15.8. The Morgan fingerprint density at radius 3 is 2.78 bits per heavy atom. The van der Waals surface area contributed by atoms with E-state index in [-0.39, 0.29) is 17.7 Å². The molecule has 0 radical (unpaired) electrons. The number of benzene rings is 2. The molecule has 0 aromatic heterocycles. The predicted molar refractivity (Wildman–Crippen MR) is 90.9 cm³/mol. The van der Waals surface area contributed by atoms with Crippen molar-refractivity contribution < 1.29 is 14.3 Å². The van der Waals surface area contributed by atoms with Crippen molar-refractivity contribution in [2.45, 2.75) is 30.4 Å². The summed E-state index contributed by atoms with van der Waals surface area (Å²) in [5, 5.41) is 0. The standard InChI is InChI=1S/C19H18O3S/c1-12(10-22-13(2)20)14-7-8-17-18(9-14)23-11-15-5-3-4-6-16(15)19(17)21/h3-9,12H,10-11H2,1-2H3. The first-order valence-electron chi connectivity index (χ1n) is 7.59. The third-order valence-corrected chi connectivity index (χ3v) is 5.11. The monoisotopic (exact) mass is 326 g/mol. The van der Waals surface area contributed by atoms with Crippen LogP contribution in [0, 0.1) is 0 Å². The summed E-state index contributed by atoms with van der Waals surface area (Å²) in [5.74, 6) is 0.702. The van der Waals surface area contributed by atoms with Gasteiger partial charge in [-0.15, -0.1) is 11.8 Å². The zero-order chi connectivity index (χ0) is 16.4. The molecule has 0 amide bonds. The van der Waals surface area contributed by atoms with Crippen LogP contribution >= 0.6 is 11.8 Å². The number of ether oxygens (including phenoxy) is 1. The van der Waals surface area contributed by atoms with E-state index in [0.29, 0.717) is 6.61 Å². The maximum absolute atomic E-state index is 12.7. The number of esters is 1. The van der Waals surface area contributed by atoms with Crippen LogP contribution in [0.5, 0.6) is 0 Å². The summed E-state index contributed by atoms with van der Waals surface area (Å²) in [6.07, 6.45) is 0. The fourth-order valence-corrected chi connectivity index (χ4v) is 3.76. The zero-order valence-electron chi connectivity index (χ0n) is 13.2. The molecule has 3 rings (SSSR count). The van der Waals surface area contributed by atoms with Gasteiger partial charge in [0.1, 0.15) is 0 Å². The minimum atomic E-state index is -0.272. The number of hydrogen-bond acceptors (Lipinski definition) is 4. The van der Waals surface area contributed by atoms with Crippen LogP contribution in [-0.2, 0) is 15.3 Å². The molecular formula is C19H18O3S. The molecule has 0 saturated carbocycles. The van der Waals surface area contributed by atoms with Gasteiger partial charge >= 0.3 is 5.97 Å². The highest BCUT2D eigenvalue weighted by atomic mass is 32.2. The summed E-state index contributed by atoms with van der Waals surface area (Å²) < 4.78 is 5.09. The number of hydrogen-bond donors (Lipinski definition) is 0. The molecule has 0 N–H and O–H groups in total. The number of ketones is 1. The number of thioether (sulfide) groups is 1. The summed E-state index contributed by atoms with van der Waals surface area (Å²) >= 11 is 1.68. The van der Waals surface area contributed by atoms with Gasteiger partial charge in [0, 0.05) is 34.6 Å². The molecule has 1 aliphatic rings. The maximum Gasteiger partial charge on any atom is 0.302 e. The first-order chi connectivity index (χ1) is 11.1. The Labute approximate surface area is 140 Å². The van der Waals surface area contributed by atoms with Crippen LogP contribution in [-0.4, -0.2) is 18.4 Å². The van der Waals surface area contributed by atoms with Crippen LogP contribution in [0.2, 0.25) is 0 Å². The first-order valence-corrected chi connectivity index (χ1v) is 8.57. The largest absolute Gasteiger partial charge is 0.465 e. The fourth-order valence-electron chi connectivity index (χ4n) is 2.66. The molecule has 3 nitrogen and oxygen atoms in total. The average molecular weight is 326 g/mol.